The molecule has 0 aromatic heterocycles. The van der Waals surface area contributed by atoms with Gasteiger partial charge in [-0.05, 0) is 38.2 Å². The topological polar surface area (TPSA) is 67.6 Å². The molecule has 2 atom stereocenters. The number of rotatable bonds is 4. The van der Waals surface area contributed by atoms with E-state index in [1.807, 2.05) is 18.0 Å². The molecule has 2 rings (SSSR count). The van der Waals surface area contributed by atoms with Gasteiger partial charge >= 0.3 is 6.09 Å². The lowest BCUT2D eigenvalue weighted by molar-refractivity contribution is 0.0702. The van der Waals surface area contributed by atoms with Crippen LogP contribution in [0.2, 0.25) is 0 Å². The number of nitrogens with two attached hydrogens (primary N) is 1. The summed E-state index contributed by atoms with van der Waals surface area (Å²) < 4.78 is 5.60. The summed E-state index contributed by atoms with van der Waals surface area (Å²) >= 11 is 0. The number of nitrogens with one attached hydrogen (secondary N) is 1. The second-order valence-corrected chi connectivity index (χ2v) is 6.34. The molecule has 5 heteroatoms. The van der Waals surface area contributed by atoms with Crippen LogP contribution in [0, 0.1) is 5.92 Å². The first-order valence-electron chi connectivity index (χ1n) is 8.81. The monoisotopic (exact) mass is 323 g/mol. The van der Waals surface area contributed by atoms with Crippen LogP contribution in [0.4, 0.5) is 4.79 Å². The van der Waals surface area contributed by atoms with Crippen molar-refractivity contribution in [2.24, 2.45) is 11.7 Å². The van der Waals surface area contributed by atoms with Gasteiger partial charge in [-0.3, -0.25) is 0 Å². The molecular weight excluding hydrogens is 290 g/mol. The van der Waals surface area contributed by atoms with Crippen LogP contribution < -0.4 is 11.1 Å². The van der Waals surface area contributed by atoms with Crippen LogP contribution in [-0.4, -0.2) is 37.2 Å². The van der Waals surface area contributed by atoms with E-state index >= 15 is 0 Å². The van der Waals surface area contributed by atoms with Crippen molar-refractivity contribution in [1.29, 1.82) is 0 Å². The second-order valence-electron chi connectivity index (χ2n) is 6.34. The maximum atomic E-state index is 12.0. The van der Waals surface area contributed by atoms with Crippen molar-refractivity contribution in [3.05, 3.63) is 24.0 Å². The quantitative estimate of drug-likeness (QED) is 0.778. The highest BCUT2D eigenvalue weighted by molar-refractivity contribution is 5.68. The Kier molecular flexibility index (Phi) is 8.59. The second kappa shape index (κ2) is 10.2. The molecule has 1 saturated heterocycles. The lowest BCUT2D eigenvalue weighted by Crippen LogP contribution is -2.31. The summed E-state index contributed by atoms with van der Waals surface area (Å²) in [5.41, 5.74) is 7.26. The number of carbonyl (C=O) groups excluding carboxylic acids is 1. The van der Waals surface area contributed by atoms with Crippen LogP contribution in [0.3, 0.4) is 0 Å². The number of likely N-dealkylation sites (tertiary alicyclic amines) is 1. The molecule has 1 amide bonds. The van der Waals surface area contributed by atoms with Gasteiger partial charge in [0, 0.05) is 37.4 Å². The van der Waals surface area contributed by atoms with Crippen molar-refractivity contribution in [2.45, 2.75) is 58.5 Å². The van der Waals surface area contributed by atoms with Crippen molar-refractivity contribution in [2.75, 3.05) is 20.1 Å². The fourth-order valence-electron chi connectivity index (χ4n) is 3.04. The summed E-state index contributed by atoms with van der Waals surface area (Å²) in [6.07, 6.45) is 7.97. The molecule has 1 saturated carbocycles. The van der Waals surface area contributed by atoms with E-state index in [4.69, 9.17) is 10.5 Å². The molecule has 3 N–H and O–H groups in total. The Morgan fingerprint density at radius 2 is 1.96 bits per heavy atom. The van der Waals surface area contributed by atoms with Gasteiger partial charge in [0.15, 0.2) is 0 Å². The van der Waals surface area contributed by atoms with E-state index in [1.54, 1.807) is 0 Å². The summed E-state index contributed by atoms with van der Waals surface area (Å²) in [6.45, 7) is 9.63. The Morgan fingerprint density at radius 3 is 2.48 bits per heavy atom. The number of hydrogen-bond acceptors (Lipinski definition) is 4. The molecule has 132 valence electrons. The van der Waals surface area contributed by atoms with Gasteiger partial charge in [-0.15, -0.1) is 0 Å². The number of ether oxygens (including phenoxy) is 1. The summed E-state index contributed by atoms with van der Waals surface area (Å²) in [7, 11) is 1.89. The van der Waals surface area contributed by atoms with E-state index in [0.29, 0.717) is 11.6 Å². The molecule has 0 bridgehead atoms. The van der Waals surface area contributed by atoms with E-state index in [1.165, 1.54) is 6.42 Å². The molecule has 1 heterocycles. The van der Waals surface area contributed by atoms with Crippen LogP contribution in [0.1, 0.15) is 52.4 Å². The first-order chi connectivity index (χ1) is 11.0. The third-order valence-corrected chi connectivity index (χ3v) is 4.09. The molecular formula is C18H33N3O2. The highest BCUT2D eigenvalue weighted by Crippen LogP contribution is 2.32. The largest absolute Gasteiger partial charge is 0.446 e. The fourth-order valence-corrected chi connectivity index (χ4v) is 3.04. The predicted octanol–water partition coefficient (Wildman–Crippen LogP) is 3.38. The molecule has 2 unspecified atom stereocenters. The van der Waals surface area contributed by atoms with E-state index in [2.05, 4.69) is 25.7 Å². The smallest absolute Gasteiger partial charge is 0.410 e. The van der Waals surface area contributed by atoms with Crippen LogP contribution in [0.25, 0.3) is 0 Å². The van der Waals surface area contributed by atoms with Crippen molar-refractivity contribution in [1.82, 2.24) is 10.2 Å². The van der Waals surface area contributed by atoms with Gasteiger partial charge in [0.05, 0.1) is 0 Å². The molecule has 0 spiro atoms. The Morgan fingerprint density at radius 1 is 1.35 bits per heavy atom. The number of hydrogen-bond donors (Lipinski definition) is 2. The van der Waals surface area contributed by atoms with Gasteiger partial charge in [-0.1, -0.05) is 26.8 Å². The van der Waals surface area contributed by atoms with E-state index in [-0.39, 0.29) is 12.2 Å². The van der Waals surface area contributed by atoms with Crippen LogP contribution >= 0.6 is 0 Å². The Labute approximate surface area is 140 Å². The third-order valence-electron chi connectivity index (χ3n) is 4.09. The van der Waals surface area contributed by atoms with E-state index in [9.17, 15) is 4.79 Å². The molecule has 0 radical (unpaired) electrons. The number of carbonyl (C=O) groups is 1. The van der Waals surface area contributed by atoms with Gasteiger partial charge in [0.25, 0.3) is 0 Å². The highest BCUT2D eigenvalue weighted by atomic mass is 16.6. The van der Waals surface area contributed by atoms with Crippen LogP contribution in [-0.2, 0) is 4.74 Å². The van der Waals surface area contributed by atoms with Gasteiger partial charge < -0.3 is 20.7 Å². The number of allylic oxidation sites excluding steroid dienone is 2. The zero-order chi connectivity index (χ0) is 17.2. The molecule has 2 aliphatic rings. The normalized spacial score (nSPS) is 24.0. The van der Waals surface area contributed by atoms with Gasteiger partial charge in [-0.25, -0.2) is 4.79 Å². The molecule has 5 nitrogen and oxygen atoms in total. The maximum Gasteiger partial charge on any atom is 0.410 e. The predicted molar refractivity (Wildman–Crippen MR) is 94.9 cm³/mol. The zero-order valence-corrected chi connectivity index (χ0v) is 14.9. The summed E-state index contributed by atoms with van der Waals surface area (Å²) in [6, 6.07) is 0. The summed E-state index contributed by atoms with van der Waals surface area (Å²) in [5.74, 6) is 0.372. The van der Waals surface area contributed by atoms with Gasteiger partial charge in [0.1, 0.15) is 6.10 Å². The summed E-state index contributed by atoms with van der Waals surface area (Å²) in [4.78, 5) is 13.8. The molecule has 23 heavy (non-hydrogen) atoms. The SMILES string of the molecule is C=C(N)/C=C(\NC)C1CCC(OC(=O)N2CCCC2)C1.CCC. The molecule has 2 fully saturated rings. The standard InChI is InChI=1S/C15H25N3O2.C3H8/c1-11(16)9-14(17-2)12-5-6-13(10-12)20-15(19)18-7-3-4-8-18;1-3-2/h9,12-13,17H,1,3-8,10,16H2,2H3;3H2,1-2H3/b14-9-;. The molecule has 1 aliphatic heterocycles. The van der Waals surface area contributed by atoms with Crippen molar-refractivity contribution in [3.8, 4) is 0 Å². The van der Waals surface area contributed by atoms with E-state index < -0.39 is 0 Å². The van der Waals surface area contributed by atoms with Crippen molar-refractivity contribution >= 4 is 6.09 Å². The van der Waals surface area contributed by atoms with Gasteiger partial charge in [0.2, 0.25) is 0 Å². The third kappa shape index (κ3) is 6.55. The van der Waals surface area contributed by atoms with Gasteiger partial charge in [-0.2, -0.15) is 0 Å². The minimum atomic E-state index is -0.147. The lowest BCUT2D eigenvalue weighted by Gasteiger charge is -2.19. The number of nitrogens with zero attached hydrogens (tertiary/aromatic N) is 1. The van der Waals surface area contributed by atoms with E-state index in [0.717, 1.165) is 50.9 Å². The first-order valence-corrected chi connectivity index (χ1v) is 8.81. The minimum Gasteiger partial charge on any atom is -0.446 e. The lowest BCUT2D eigenvalue weighted by atomic mass is 10.0. The highest BCUT2D eigenvalue weighted by Gasteiger charge is 2.31. The minimum absolute atomic E-state index is 0.0240. The Balaban J connectivity index is 0.000000816. The fraction of sp³-hybridized carbons (Fsp3) is 0.722. The zero-order valence-electron chi connectivity index (χ0n) is 14.9. The van der Waals surface area contributed by atoms with Crippen LogP contribution in [0.15, 0.2) is 24.0 Å². The van der Waals surface area contributed by atoms with Crippen molar-refractivity contribution < 1.29 is 9.53 Å². The van der Waals surface area contributed by atoms with Crippen LogP contribution in [0.5, 0.6) is 0 Å². The average molecular weight is 323 g/mol. The average Bonchev–Trinajstić information content (AvgIpc) is 3.16. The first kappa shape index (κ1) is 19.4. The molecule has 1 aliphatic carbocycles. The van der Waals surface area contributed by atoms with Crippen molar-refractivity contribution in [3.63, 3.8) is 0 Å². The maximum absolute atomic E-state index is 12.0. The Bertz CT molecular complexity index is 414. The molecule has 0 aromatic carbocycles. The number of amides is 1. The molecule has 0 aromatic rings. The Hall–Kier alpha value is -1.65. The summed E-state index contributed by atoms with van der Waals surface area (Å²) in [5, 5.41) is 3.17.